The summed E-state index contributed by atoms with van der Waals surface area (Å²) in [4.78, 5) is 25.2. The molecule has 1 heterocycles. The normalized spacial score (nSPS) is 30.0. The quantitative estimate of drug-likeness (QED) is 0.809. The van der Waals surface area contributed by atoms with Crippen LogP contribution in [0.2, 0.25) is 0 Å². The zero-order valence-corrected chi connectivity index (χ0v) is 13.4. The molecular weight excluding hydrogens is 290 g/mol. The first-order valence-corrected chi connectivity index (χ1v) is 8.74. The van der Waals surface area contributed by atoms with Gasteiger partial charge in [-0.3, -0.25) is 4.79 Å². The lowest BCUT2D eigenvalue weighted by molar-refractivity contribution is -0.133. The van der Waals surface area contributed by atoms with E-state index in [1.165, 1.54) is 12.8 Å². The highest BCUT2D eigenvalue weighted by molar-refractivity contribution is 7.99. The Morgan fingerprint density at radius 2 is 2.14 bits per heavy atom. The number of rotatable bonds is 4. The molecule has 0 aromatic carbocycles. The molecule has 0 spiro atoms. The number of morpholine rings is 1. The molecule has 0 unspecified atom stereocenters. The van der Waals surface area contributed by atoms with E-state index in [1.54, 1.807) is 4.90 Å². The molecule has 3 amide bonds. The maximum absolute atomic E-state index is 12.4. The van der Waals surface area contributed by atoms with Crippen LogP contribution in [0, 0.1) is 0 Å². The number of carbonyl (C=O) groups is 2. The molecule has 0 bridgehead atoms. The lowest BCUT2D eigenvalue weighted by atomic mass is 9.95. The summed E-state index contributed by atoms with van der Waals surface area (Å²) >= 11 is 1.92. The topological polar surface area (TPSA) is 84.7 Å². The van der Waals surface area contributed by atoms with Crippen molar-refractivity contribution in [3.63, 3.8) is 0 Å². The van der Waals surface area contributed by atoms with Crippen molar-refractivity contribution < 1.29 is 14.3 Å². The Labute approximate surface area is 130 Å². The van der Waals surface area contributed by atoms with Gasteiger partial charge in [0.2, 0.25) is 5.91 Å². The van der Waals surface area contributed by atoms with Crippen LogP contribution in [0.25, 0.3) is 0 Å². The van der Waals surface area contributed by atoms with Crippen molar-refractivity contribution in [2.24, 2.45) is 5.73 Å². The first-order valence-electron chi connectivity index (χ1n) is 7.69. The molecule has 0 radical (unpaired) electrons. The average molecular weight is 315 g/mol. The summed E-state index contributed by atoms with van der Waals surface area (Å²) < 4.78 is 5.27. The van der Waals surface area contributed by atoms with Gasteiger partial charge in [-0.25, -0.2) is 4.79 Å². The van der Waals surface area contributed by atoms with Crippen LogP contribution in [0.1, 0.15) is 32.6 Å². The summed E-state index contributed by atoms with van der Waals surface area (Å²) in [6.45, 7) is 3.27. The average Bonchev–Trinajstić information content (AvgIpc) is 2.49. The Morgan fingerprint density at radius 1 is 1.38 bits per heavy atom. The van der Waals surface area contributed by atoms with Crippen molar-refractivity contribution in [3.05, 3.63) is 0 Å². The largest absolute Gasteiger partial charge is 0.367 e. The molecule has 7 heteroatoms. The molecule has 6 nitrogen and oxygen atoms in total. The number of thioether (sulfide) groups is 1. The molecule has 0 aromatic rings. The molecule has 1 aliphatic heterocycles. The van der Waals surface area contributed by atoms with E-state index >= 15 is 0 Å². The van der Waals surface area contributed by atoms with Gasteiger partial charge in [-0.05, 0) is 18.6 Å². The minimum absolute atomic E-state index is 0.0989. The monoisotopic (exact) mass is 315 g/mol. The molecule has 0 aromatic heterocycles. The van der Waals surface area contributed by atoms with Gasteiger partial charge in [0.25, 0.3) is 0 Å². The van der Waals surface area contributed by atoms with Crippen molar-refractivity contribution >= 4 is 23.7 Å². The second kappa shape index (κ2) is 7.89. The third kappa shape index (κ3) is 4.51. The Morgan fingerprint density at radius 3 is 2.86 bits per heavy atom. The van der Waals surface area contributed by atoms with E-state index in [1.807, 2.05) is 11.8 Å². The van der Waals surface area contributed by atoms with Gasteiger partial charge < -0.3 is 20.7 Å². The van der Waals surface area contributed by atoms with E-state index in [-0.39, 0.29) is 18.6 Å². The van der Waals surface area contributed by atoms with E-state index in [4.69, 9.17) is 10.5 Å². The molecule has 3 atom stereocenters. The van der Waals surface area contributed by atoms with Crippen LogP contribution in [0.3, 0.4) is 0 Å². The van der Waals surface area contributed by atoms with Crippen LogP contribution in [0.5, 0.6) is 0 Å². The van der Waals surface area contributed by atoms with Crippen molar-refractivity contribution in [3.8, 4) is 0 Å². The third-order valence-corrected chi connectivity index (χ3v) is 5.39. The zero-order valence-electron chi connectivity index (χ0n) is 12.5. The molecule has 1 saturated carbocycles. The van der Waals surface area contributed by atoms with Crippen LogP contribution in [0.15, 0.2) is 0 Å². The zero-order chi connectivity index (χ0) is 15.2. The number of urea groups is 1. The predicted octanol–water partition coefficient (Wildman–Crippen LogP) is 0.946. The van der Waals surface area contributed by atoms with Crippen LogP contribution >= 0.6 is 11.8 Å². The van der Waals surface area contributed by atoms with Gasteiger partial charge in [-0.2, -0.15) is 11.8 Å². The van der Waals surface area contributed by atoms with E-state index in [9.17, 15) is 9.59 Å². The molecule has 2 fully saturated rings. The van der Waals surface area contributed by atoms with E-state index < -0.39 is 12.0 Å². The molecule has 21 heavy (non-hydrogen) atoms. The molecule has 1 aliphatic carbocycles. The smallest absolute Gasteiger partial charge is 0.317 e. The molecule has 2 aliphatic rings. The number of carbonyl (C=O) groups excluding carboxylic acids is 2. The van der Waals surface area contributed by atoms with E-state index in [0.29, 0.717) is 18.4 Å². The maximum Gasteiger partial charge on any atom is 0.317 e. The molecule has 3 N–H and O–H groups in total. The third-order valence-electron chi connectivity index (χ3n) is 4.06. The highest BCUT2D eigenvalue weighted by Gasteiger charge is 2.31. The molecular formula is C14H25N3O3S. The van der Waals surface area contributed by atoms with Crippen molar-refractivity contribution in [2.75, 3.05) is 25.4 Å². The summed E-state index contributed by atoms with van der Waals surface area (Å²) in [5.74, 6) is 0.558. The Kier molecular flexibility index (Phi) is 6.17. The molecule has 1 saturated heterocycles. The second-order valence-electron chi connectivity index (χ2n) is 5.54. The summed E-state index contributed by atoms with van der Waals surface area (Å²) in [5, 5.41) is 3.64. The van der Waals surface area contributed by atoms with Crippen LogP contribution in [-0.2, 0) is 9.53 Å². The van der Waals surface area contributed by atoms with Gasteiger partial charge in [-0.1, -0.05) is 19.8 Å². The first kappa shape index (κ1) is 16.4. The Hall–Kier alpha value is -0.950. The number of hydrogen-bond donors (Lipinski definition) is 2. The van der Waals surface area contributed by atoms with Gasteiger partial charge in [-0.15, -0.1) is 0 Å². The van der Waals surface area contributed by atoms with Crippen LogP contribution in [-0.4, -0.2) is 59.7 Å². The van der Waals surface area contributed by atoms with Gasteiger partial charge in [0, 0.05) is 17.8 Å². The Balaban J connectivity index is 1.88. The summed E-state index contributed by atoms with van der Waals surface area (Å²) in [6, 6.07) is 0.129. The predicted molar refractivity (Wildman–Crippen MR) is 83.2 cm³/mol. The number of primary amides is 1. The number of hydrogen-bond acceptors (Lipinski definition) is 4. The first-order chi connectivity index (χ1) is 10.1. The van der Waals surface area contributed by atoms with E-state index in [2.05, 4.69) is 12.2 Å². The highest BCUT2D eigenvalue weighted by Crippen LogP contribution is 2.28. The van der Waals surface area contributed by atoms with Crippen molar-refractivity contribution in [1.82, 2.24) is 10.2 Å². The van der Waals surface area contributed by atoms with Crippen LogP contribution in [0.4, 0.5) is 4.79 Å². The molecule has 120 valence electrons. The van der Waals surface area contributed by atoms with E-state index in [0.717, 1.165) is 18.6 Å². The minimum Gasteiger partial charge on any atom is -0.367 e. The van der Waals surface area contributed by atoms with Gasteiger partial charge >= 0.3 is 6.03 Å². The van der Waals surface area contributed by atoms with Crippen molar-refractivity contribution in [2.45, 2.75) is 50.0 Å². The fourth-order valence-electron chi connectivity index (χ4n) is 2.93. The van der Waals surface area contributed by atoms with Gasteiger partial charge in [0.1, 0.15) is 0 Å². The highest BCUT2D eigenvalue weighted by atomic mass is 32.2. The summed E-state index contributed by atoms with van der Waals surface area (Å²) in [7, 11) is 0. The van der Waals surface area contributed by atoms with Crippen molar-refractivity contribution in [1.29, 1.82) is 0 Å². The maximum atomic E-state index is 12.4. The SMILES string of the molecule is CCS[C@@H]1CCCC[C@H]1NC(=O)N1CCO[C@H](C(N)=O)C1. The fraction of sp³-hybridized carbons (Fsp3) is 0.857. The van der Waals surface area contributed by atoms with Gasteiger partial charge in [0.05, 0.1) is 13.2 Å². The lowest BCUT2D eigenvalue weighted by Gasteiger charge is -2.36. The van der Waals surface area contributed by atoms with Gasteiger partial charge in [0.15, 0.2) is 6.10 Å². The Bertz CT molecular complexity index is 378. The standard InChI is InChI=1S/C14H25N3O3S/c1-2-21-12-6-4-3-5-10(12)16-14(19)17-7-8-20-11(9-17)13(15)18/h10-12H,2-9H2,1H3,(H2,15,18)(H,16,19)/t10-,11+,12-/m1/s1. The number of nitrogens with zero attached hydrogens (tertiary/aromatic N) is 1. The fourth-order valence-corrected chi connectivity index (χ4v) is 4.13. The minimum atomic E-state index is -0.684. The van der Waals surface area contributed by atoms with Crippen LogP contribution < -0.4 is 11.1 Å². The number of ether oxygens (including phenoxy) is 1. The second-order valence-corrected chi connectivity index (χ2v) is 7.06. The summed E-state index contributed by atoms with van der Waals surface area (Å²) in [5.41, 5.74) is 5.25. The number of amides is 3. The lowest BCUT2D eigenvalue weighted by Crippen LogP contribution is -2.56. The number of nitrogens with one attached hydrogen (secondary N) is 1. The summed E-state index contributed by atoms with van der Waals surface area (Å²) in [6.07, 6.45) is 3.92. The number of nitrogens with two attached hydrogens (primary N) is 1. The molecule has 2 rings (SSSR count).